The van der Waals surface area contributed by atoms with Crippen LogP contribution in [0.1, 0.15) is 42.5 Å². The minimum atomic E-state index is -0.997. The summed E-state index contributed by atoms with van der Waals surface area (Å²) in [6.45, 7) is 0.690. The summed E-state index contributed by atoms with van der Waals surface area (Å²) < 4.78 is 0.564. The topological polar surface area (TPSA) is 92.4 Å². The molecule has 0 unspecified atom stereocenters. The van der Waals surface area contributed by atoms with Crippen LogP contribution in [0.3, 0.4) is 0 Å². The van der Waals surface area contributed by atoms with Gasteiger partial charge >= 0.3 is 5.97 Å². The van der Waals surface area contributed by atoms with Crippen LogP contribution < -0.4 is 11.1 Å². The Morgan fingerprint density at radius 3 is 2.50 bits per heavy atom. The summed E-state index contributed by atoms with van der Waals surface area (Å²) in [6, 6.07) is 4.52. The van der Waals surface area contributed by atoms with Crippen LogP contribution in [0.25, 0.3) is 0 Å². The summed E-state index contributed by atoms with van der Waals surface area (Å²) in [5, 5.41) is 11.6. The van der Waals surface area contributed by atoms with Gasteiger partial charge in [0.15, 0.2) is 0 Å². The van der Waals surface area contributed by atoms with Gasteiger partial charge in [-0.05, 0) is 53.5 Å². The van der Waals surface area contributed by atoms with Crippen molar-refractivity contribution in [2.24, 2.45) is 5.73 Å². The molecule has 0 radical (unpaired) electrons. The van der Waals surface area contributed by atoms with Gasteiger partial charge in [0, 0.05) is 10.9 Å². The zero-order chi connectivity index (χ0) is 15.0. The normalized spacial score (nSPS) is 10.3. The molecule has 5 nitrogen and oxygen atoms in total. The molecule has 0 heterocycles. The van der Waals surface area contributed by atoms with Crippen LogP contribution in [-0.4, -0.2) is 23.5 Å². The van der Waals surface area contributed by atoms with Crippen molar-refractivity contribution in [2.75, 3.05) is 11.9 Å². The number of halogens is 1. The van der Waals surface area contributed by atoms with E-state index in [0.717, 1.165) is 25.7 Å². The van der Waals surface area contributed by atoms with Gasteiger partial charge in [-0.2, -0.15) is 0 Å². The minimum absolute atomic E-state index is 0.0680. The molecule has 1 aromatic carbocycles. The van der Waals surface area contributed by atoms with Gasteiger partial charge in [-0.15, -0.1) is 0 Å². The smallest absolute Gasteiger partial charge is 0.335 e. The Kier molecular flexibility index (Phi) is 7.25. The first-order valence-electron chi connectivity index (χ1n) is 6.57. The fourth-order valence-electron chi connectivity index (χ4n) is 1.75. The molecule has 0 saturated heterocycles. The number of rotatable bonds is 8. The average Bonchev–Trinajstić information content (AvgIpc) is 2.40. The largest absolute Gasteiger partial charge is 0.478 e. The predicted octanol–water partition coefficient (Wildman–Crippen LogP) is 3.00. The first-order chi connectivity index (χ1) is 9.54. The van der Waals surface area contributed by atoms with E-state index in [9.17, 15) is 9.59 Å². The SMILES string of the molecule is NCCCCCCC(=O)Nc1ccc(C(=O)O)cc1Br. The lowest BCUT2D eigenvalue weighted by Gasteiger charge is -2.08. The maximum atomic E-state index is 11.7. The monoisotopic (exact) mass is 342 g/mol. The van der Waals surface area contributed by atoms with Crippen molar-refractivity contribution >= 4 is 33.5 Å². The second-order valence-corrected chi connectivity index (χ2v) is 5.36. The Labute approximate surface area is 126 Å². The molecule has 0 aliphatic carbocycles. The Bertz CT molecular complexity index is 477. The van der Waals surface area contributed by atoms with Crippen molar-refractivity contribution in [3.63, 3.8) is 0 Å². The van der Waals surface area contributed by atoms with Crippen molar-refractivity contribution in [1.82, 2.24) is 0 Å². The number of anilines is 1. The molecule has 6 heteroatoms. The number of carboxylic acids is 1. The molecule has 1 amide bonds. The number of hydrogen-bond acceptors (Lipinski definition) is 3. The molecule has 0 bridgehead atoms. The number of amides is 1. The lowest BCUT2D eigenvalue weighted by Crippen LogP contribution is -2.12. The second kappa shape index (κ2) is 8.71. The maximum Gasteiger partial charge on any atom is 0.335 e. The van der Waals surface area contributed by atoms with E-state index < -0.39 is 5.97 Å². The van der Waals surface area contributed by atoms with Gasteiger partial charge < -0.3 is 16.2 Å². The third kappa shape index (κ3) is 5.71. The Morgan fingerprint density at radius 1 is 1.20 bits per heavy atom. The number of nitrogens with one attached hydrogen (secondary N) is 1. The van der Waals surface area contributed by atoms with Crippen molar-refractivity contribution < 1.29 is 14.7 Å². The molecule has 0 fully saturated rings. The zero-order valence-electron chi connectivity index (χ0n) is 11.2. The summed E-state index contributed by atoms with van der Waals surface area (Å²) in [7, 11) is 0. The van der Waals surface area contributed by atoms with Crippen LogP contribution in [0.2, 0.25) is 0 Å². The number of nitrogens with two attached hydrogens (primary N) is 1. The van der Waals surface area contributed by atoms with Gasteiger partial charge in [0.25, 0.3) is 0 Å². The molecule has 0 aromatic heterocycles. The number of aromatic carboxylic acids is 1. The third-order valence-corrected chi connectivity index (χ3v) is 3.50. The maximum absolute atomic E-state index is 11.7. The van der Waals surface area contributed by atoms with E-state index in [0.29, 0.717) is 23.1 Å². The van der Waals surface area contributed by atoms with Crippen molar-refractivity contribution in [3.05, 3.63) is 28.2 Å². The number of carbonyl (C=O) groups is 2. The van der Waals surface area contributed by atoms with E-state index >= 15 is 0 Å². The molecule has 1 aromatic rings. The molecule has 110 valence electrons. The first-order valence-corrected chi connectivity index (χ1v) is 7.36. The highest BCUT2D eigenvalue weighted by Crippen LogP contribution is 2.24. The van der Waals surface area contributed by atoms with Gasteiger partial charge in [-0.25, -0.2) is 4.79 Å². The highest BCUT2D eigenvalue weighted by atomic mass is 79.9. The molecule has 20 heavy (non-hydrogen) atoms. The van der Waals surface area contributed by atoms with E-state index in [1.165, 1.54) is 12.1 Å². The quantitative estimate of drug-likeness (QED) is 0.633. The van der Waals surface area contributed by atoms with Crippen LogP contribution in [-0.2, 0) is 4.79 Å². The fourth-order valence-corrected chi connectivity index (χ4v) is 2.22. The fraction of sp³-hybridized carbons (Fsp3) is 0.429. The van der Waals surface area contributed by atoms with Gasteiger partial charge in [0.2, 0.25) is 5.91 Å². The van der Waals surface area contributed by atoms with Crippen LogP contribution in [0.5, 0.6) is 0 Å². The van der Waals surface area contributed by atoms with Crippen LogP contribution >= 0.6 is 15.9 Å². The number of unbranched alkanes of at least 4 members (excludes halogenated alkanes) is 3. The highest BCUT2D eigenvalue weighted by molar-refractivity contribution is 9.10. The summed E-state index contributed by atoms with van der Waals surface area (Å²) >= 11 is 3.25. The van der Waals surface area contributed by atoms with Gasteiger partial charge in [0.05, 0.1) is 11.3 Å². The van der Waals surface area contributed by atoms with Crippen LogP contribution in [0.15, 0.2) is 22.7 Å². The summed E-state index contributed by atoms with van der Waals surface area (Å²) in [4.78, 5) is 22.5. The van der Waals surface area contributed by atoms with Crippen molar-refractivity contribution in [3.8, 4) is 0 Å². The van der Waals surface area contributed by atoms with E-state index in [-0.39, 0.29) is 11.5 Å². The van der Waals surface area contributed by atoms with Crippen LogP contribution in [0.4, 0.5) is 5.69 Å². The second-order valence-electron chi connectivity index (χ2n) is 4.50. The van der Waals surface area contributed by atoms with Gasteiger partial charge in [-0.3, -0.25) is 4.79 Å². The Morgan fingerprint density at radius 2 is 1.90 bits per heavy atom. The summed E-state index contributed by atoms with van der Waals surface area (Å²) in [6.07, 6.45) is 4.31. The molecule has 0 atom stereocenters. The standard InChI is InChI=1S/C14H19BrN2O3/c15-11-9-10(14(19)20)6-7-12(11)17-13(18)5-3-1-2-4-8-16/h6-7,9H,1-5,8,16H2,(H,17,18)(H,19,20). The van der Waals surface area contributed by atoms with E-state index in [1.807, 2.05) is 0 Å². The minimum Gasteiger partial charge on any atom is -0.478 e. The molecule has 0 aliphatic rings. The molecule has 1 rings (SSSR count). The molecule has 0 aliphatic heterocycles. The van der Waals surface area contributed by atoms with E-state index in [4.69, 9.17) is 10.8 Å². The molecule has 0 saturated carbocycles. The predicted molar refractivity (Wildman–Crippen MR) is 81.9 cm³/mol. The third-order valence-electron chi connectivity index (χ3n) is 2.85. The Hall–Kier alpha value is -1.40. The van der Waals surface area contributed by atoms with Crippen molar-refractivity contribution in [1.29, 1.82) is 0 Å². The molecular formula is C14H19BrN2O3. The number of benzene rings is 1. The van der Waals surface area contributed by atoms with Gasteiger partial charge in [0.1, 0.15) is 0 Å². The summed E-state index contributed by atoms with van der Waals surface area (Å²) in [5.74, 6) is -1.06. The Balaban J connectivity index is 2.44. The van der Waals surface area contributed by atoms with Gasteiger partial charge in [-0.1, -0.05) is 12.8 Å². The average molecular weight is 343 g/mol. The molecule has 0 spiro atoms. The number of hydrogen-bond donors (Lipinski definition) is 3. The highest BCUT2D eigenvalue weighted by Gasteiger charge is 2.09. The lowest BCUT2D eigenvalue weighted by molar-refractivity contribution is -0.116. The van der Waals surface area contributed by atoms with Crippen LogP contribution in [0, 0.1) is 0 Å². The zero-order valence-corrected chi connectivity index (χ0v) is 12.8. The number of carboxylic acid groups (broad SMARTS) is 1. The molecular weight excluding hydrogens is 324 g/mol. The van der Waals surface area contributed by atoms with E-state index in [1.54, 1.807) is 6.07 Å². The number of carbonyl (C=O) groups excluding carboxylic acids is 1. The summed E-state index contributed by atoms with van der Waals surface area (Å²) in [5.41, 5.74) is 6.16. The first kappa shape index (κ1) is 16.7. The van der Waals surface area contributed by atoms with Crippen molar-refractivity contribution in [2.45, 2.75) is 32.1 Å². The lowest BCUT2D eigenvalue weighted by atomic mass is 10.1. The molecule has 4 N–H and O–H groups in total. The van der Waals surface area contributed by atoms with E-state index in [2.05, 4.69) is 21.2 Å².